The van der Waals surface area contributed by atoms with Gasteiger partial charge in [0.1, 0.15) is 27.7 Å². The van der Waals surface area contributed by atoms with E-state index >= 15 is 0 Å². The minimum Gasteiger partial charge on any atom is -0.384 e. The summed E-state index contributed by atoms with van der Waals surface area (Å²) in [6, 6.07) is 45.4. The van der Waals surface area contributed by atoms with Crippen molar-refractivity contribution in [1.29, 1.82) is 0 Å². The van der Waals surface area contributed by atoms with Crippen molar-refractivity contribution in [2.45, 2.75) is 219 Å². The Kier molecular flexibility index (Phi) is 41.0. The standard InChI is InChI=1S/C31H35Cl2N5O2S.C23H18Cl2FN3O2S.C16H20FN3O2.C13H10BrCl2NO2S.C8H18N2.C6H7BrN2.C6H3Cl2FO2S/c1-5-20-15-21(16-22-17-34-31(37-30(20)22)36-23-9-12-25(13-10-23)38(3)4)26-14-11-24(35-19(26)2)18-41(39,40)28-8-6-7-27(32)29(28)33;1-3-14-9-15(10-16-11-27-23(26)29-22(14)16)18-8-7-17(28-13(18)2)12-32(30,31)20-6-4-5-19(24)21(20)25;1-6-10-7-12(8-11-9-18-14(17)19-13(10)11)20-21-15(2,3)16(4,5)22-20;1-8-10(14)6-5-9(17-8)7-20(18,19)12-4-2-3-11(15)13(12)16;1-10(2)8-5-3-7(9)4-6-8;1-4-5(7)2-3-6(8)9-4;7-6-4(9)2-1-3-5(6)12(8,10)11/h6-8,11,14-17,23,25H,5,9-10,12-13,18H2,1-4H3,(H,34,36,37);4-11H,3,12H2,1-2H3;7-9H,6H2,1-5H3;2-6H,7H2,1H3;7-8H,3-6,9H2,1-2H3;2-3H,1H3,(H2,8,9);1-3H. The molecule has 17 rings (SSSR count). The second kappa shape index (κ2) is 50.9. The molecule has 5 N–H and O–H groups in total. The Morgan fingerprint density at radius 2 is 0.801 bits per heavy atom. The largest absolute Gasteiger partial charge is 0.384 e. The number of nitrogens with zero attached hydrogens (tertiary/aromatic N) is 13. The summed E-state index contributed by atoms with van der Waals surface area (Å²) >= 11 is 48.1. The van der Waals surface area contributed by atoms with Gasteiger partial charge >= 0.3 is 12.2 Å². The van der Waals surface area contributed by atoms with E-state index in [1.807, 2.05) is 111 Å². The number of aromatic nitrogens is 10. The molecule has 7 aromatic heterocycles. The zero-order chi connectivity index (χ0) is 107. The Labute approximate surface area is 906 Å². The first kappa shape index (κ1) is 117. The molecule has 7 aromatic carbocycles. The number of benzene rings is 7. The highest BCUT2D eigenvalue weighted by Crippen LogP contribution is 2.43. The van der Waals surface area contributed by atoms with Gasteiger partial charge in [0, 0.05) is 101 Å². The Balaban J connectivity index is 0.000000172. The van der Waals surface area contributed by atoms with Crippen LogP contribution < -0.4 is 22.0 Å². The summed E-state index contributed by atoms with van der Waals surface area (Å²) in [5.41, 5.74) is 24.1. The van der Waals surface area contributed by atoms with Crippen LogP contribution >= 0.6 is 124 Å². The number of sulfone groups is 3. The van der Waals surface area contributed by atoms with Crippen LogP contribution in [0.5, 0.6) is 0 Å². The van der Waals surface area contributed by atoms with Crippen LogP contribution in [0.25, 0.3) is 55.0 Å². The van der Waals surface area contributed by atoms with Crippen LogP contribution in [-0.2, 0) is 84.8 Å². The lowest BCUT2D eigenvalue weighted by Crippen LogP contribution is -2.41. The topological polar surface area (TPSA) is 358 Å². The van der Waals surface area contributed by atoms with E-state index in [9.17, 15) is 46.8 Å². The molecule has 0 unspecified atom stereocenters. The molecule has 3 fully saturated rings. The molecule has 14 aromatic rings. The monoisotopic (exact) mass is 2350 g/mol. The Hall–Kier alpha value is -8.77. The minimum atomic E-state index is -3.96. The number of hydrogen-bond donors (Lipinski definition) is 3. The van der Waals surface area contributed by atoms with Crippen molar-refractivity contribution in [3.63, 3.8) is 0 Å². The molecule has 1 saturated heterocycles. The molecule has 0 atom stereocenters. The van der Waals surface area contributed by atoms with E-state index < -0.39 is 77.7 Å². The lowest BCUT2D eigenvalue weighted by Gasteiger charge is -2.33. The highest BCUT2D eigenvalue weighted by molar-refractivity contribution is 9.10. The van der Waals surface area contributed by atoms with E-state index in [0.717, 1.165) is 136 Å². The zero-order valence-corrected chi connectivity index (χ0v) is 95.0. The summed E-state index contributed by atoms with van der Waals surface area (Å²) in [6.45, 7) is 21.4. The Morgan fingerprint density at radius 3 is 1.18 bits per heavy atom. The smallest absolute Gasteiger partial charge is 0.309 e. The molecule has 43 heteroatoms. The molecule has 8 heterocycles. The van der Waals surface area contributed by atoms with Crippen LogP contribution in [0.1, 0.15) is 156 Å². The molecular formula is C103H111Br2Cl8F3N16O10S4. The van der Waals surface area contributed by atoms with Crippen molar-refractivity contribution in [2.75, 3.05) is 44.5 Å². The van der Waals surface area contributed by atoms with Crippen molar-refractivity contribution in [1.82, 2.24) is 59.6 Å². The molecule has 0 amide bonds. The molecule has 2 aliphatic carbocycles. The normalized spacial score (nSPS) is 16.1. The minimum absolute atomic E-state index is 0.00410. The SMILES string of the molecule is CCc1cc(-c2ccc(CS(=O)(=O)c3cccc(Cl)c3Cl)nc2C)cc2cnc(F)nc12.CCc1cc(-c2ccc(CS(=O)(=O)c3cccc(Cl)c3Cl)nc2C)cc2cnc(NC3CCC(N(C)C)CC3)nc12.CCc1cc(N2OC(C)(C)C(C)(C)O2)cc2cnc(F)nc12.CN(C)C1CCC(N)CC1.Cc1nc(CS(=O)(=O)c2cccc(Cl)c2Cl)ccc1Br.Cc1nc(N)ccc1Br.O=S(=O)(Cl)c1cccc(F)c1Cl. The molecule has 1 aliphatic heterocycles. The predicted octanol–water partition coefficient (Wildman–Crippen LogP) is 26.1. The summed E-state index contributed by atoms with van der Waals surface area (Å²) in [5.74, 6) is -0.363. The number of nitrogen functional groups attached to an aromatic ring is 1. The number of nitrogens with two attached hydrogens (primary N) is 2. The van der Waals surface area contributed by atoms with Crippen LogP contribution in [0.15, 0.2) is 205 Å². The third kappa shape index (κ3) is 30.6. The average molecular weight is 2360 g/mol. The van der Waals surface area contributed by atoms with Crippen LogP contribution in [-0.4, -0.2) is 157 Å². The first-order valence-corrected chi connectivity index (χ1v) is 57.7. The maximum atomic E-state index is 13.5. The van der Waals surface area contributed by atoms with Gasteiger partial charge in [-0.25, -0.2) is 82.6 Å². The molecule has 778 valence electrons. The van der Waals surface area contributed by atoms with Crippen molar-refractivity contribution < 1.29 is 56.5 Å². The highest BCUT2D eigenvalue weighted by Gasteiger charge is 2.50. The van der Waals surface area contributed by atoms with Gasteiger partial charge < -0.3 is 26.6 Å². The van der Waals surface area contributed by atoms with Gasteiger partial charge in [-0.1, -0.05) is 138 Å². The van der Waals surface area contributed by atoms with E-state index in [1.54, 1.807) is 67.6 Å². The number of hydrogen-bond acceptors (Lipinski definition) is 26. The molecular weight excluding hydrogens is 2250 g/mol. The molecule has 146 heavy (non-hydrogen) atoms. The van der Waals surface area contributed by atoms with Gasteiger partial charge in [-0.3, -0.25) is 15.0 Å². The van der Waals surface area contributed by atoms with Crippen molar-refractivity contribution in [2.24, 2.45) is 5.73 Å². The van der Waals surface area contributed by atoms with Gasteiger partial charge in [-0.2, -0.15) is 8.78 Å². The average Bonchev–Trinajstić information content (AvgIpc) is 1.55. The van der Waals surface area contributed by atoms with E-state index in [2.05, 4.69) is 139 Å². The van der Waals surface area contributed by atoms with Crippen molar-refractivity contribution >= 4 is 212 Å². The summed E-state index contributed by atoms with van der Waals surface area (Å²) in [5, 5.41) is 7.64. The molecule has 0 radical (unpaired) electrons. The fourth-order valence-electron chi connectivity index (χ4n) is 16.1. The van der Waals surface area contributed by atoms with Gasteiger partial charge in [-0.05, 0) is 335 Å². The molecule has 0 bridgehead atoms. The summed E-state index contributed by atoms with van der Waals surface area (Å²) in [4.78, 5) is 58.1. The van der Waals surface area contributed by atoms with Gasteiger partial charge in [0.15, 0.2) is 29.5 Å². The van der Waals surface area contributed by atoms with Crippen LogP contribution in [0.2, 0.25) is 35.2 Å². The highest BCUT2D eigenvalue weighted by atomic mass is 79.9. The number of anilines is 3. The van der Waals surface area contributed by atoms with Gasteiger partial charge in [0.25, 0.3) is 9.05 Å². The zero-order valence-electron chi connectivity index (χ0n) is 82.5. The second-order valence-electron chi connectivity index (χ2n) is 36.3. The fraction of sp³-hybridized carbons (Fsp3) is 0.340. The van der Waals surface area contributed by atoms with Crippen molar-refractivity contribution in [3.8, 4) is 22.3 Å². The van der Waals surface area contributed by atoms with E-state index in [0.29, 0.717) is 70.1 Å². The third-order valence-electron chi connectivity index (χ3n) is 24.8. The summed E-state index contributed by atoms with van der Waals surface area (Å²) < 4.78 is 139. The molecule has 3 aliphatic rings. The lowest BCUT2D eigenvalue weighted by atomic mass is 9.90. The number of nitrogens with one attached hydrogen (secondary N) is 1. The number of pyridine rings is 4. The quantitative estimate of drug-likeness (QED) is 0.0471. The van der Waals surface area contributed by atoms with Crippen LogP contribution in [0.4, 0.5) is 30.6 Å². The van der Waals surface area contributed by atoms with E-state index in [4.69, 9.17) is 118 Å². The number of fused-ring (bicyclic) bond motifs is 3. The first-order valence-electron chi connectivity index (χ1n) is 46.2. The second-order valence-corrected chi connectivity index (χ2v) is 49.1. The van der Waals surface area contributed by atoms with Crippen LogP contribution in [0, 0.1) is 45.7 Å². The third-order valence-corrected chi connectivity index (χ3v) is 36.2. The maximum absolute atomic E-state index is 13.5. The van der Waals surface area contributed by atoms with E-state index in [1.165, 1.54) is 86.5 Å². The maximum Gasteiger partial charge on any atom is 0.309 e. The lowest BCUT2D eigenvalue weighted by molar-refractivity contribution is -0.0272. The fourth-order valence-corrected chi connectivity index (χ4v) is 24.3. The van der Waals surface area contributed by atoms with Crippen LogP contribution in [0.3, 0.4) is 0 Å². The molecule has 0 spiro atoms. The van der Waals surface area contributed by atoms with Gasteiger partial charge in [0.05, 0.1) is 118 Å². The van der Waals surface area contributed by atoms with Gasteiger partial charge in [-0.15, -0.1) is 5.23 Å². The number of halogens is 13. The predicted molar refractivity (Wildman–Crippen MR) is 587 cm³/mol. The number of aryl methyl sites for hydroxylation is 7. The summed E-state index contributed by atoms with van der Waals surface area (Å²) in [6.07, 6.45) is 15.1. The Bertz CT molecular complexity index is 7590. The molecule has 26 nitrogen and oxygen atoms in total. The van der Waals surface area contributed by atoms with E-state index in [-0.39, 0.29) is 62.1 Å². The summed E-state index contributed by atoms with van der Waals surface area (Å²) in [7, 11) is -1.43. The van der Waals surface area contributed by atoms with Gasteiger partial charge in [0.2, 0.25) is 5.95 Å². The first-order chi connectivity index (χ1) is 68.6. The molecule has 2 saturated carbocycles. The Morgan fingerprint density at radius 1 is 0.438 bits per heavy atom. The number of rotatable bonds is 20. The van der Waals surface area contributed by atoms with Crippen molar-refractivity contribution in [3.05, 3.63) is 295 Å².